The molecule has 0 radical (unpaired) electrons. The molecule has 0 bridgehead atoms. The zero-order chi connectivity index (χ0) is 19.8. The minimum atomic E-state index is 0.00210. The Bertz CT molecular complexity index is 726. The van der Waals surface area contributed by atoms with Gasteiger partial charge in [0.2, 0.25) is 0 Å². The van der Waals surface area contributed by atoms with Gasteiger partial charge in [-0.1, -0.05) is 37.3 Å². The molecule has 1 saturated heterocycles. The van der Waals surface area contributed by atoms with E-state index in [9.17, 15) is 4.79 Å². The minimum Gasteiger partial charge on any atom is -0.334 e. The van der Waals surface area contributed by atoms with Crippen molar-refractivity contribution in [2.24, 2.45) is 0 Å². The van der Waals surface area contributed by atoms with Gasteiger partial charge in [-0.25, -0.2) is 4.79 Å². The fourth-order valence-electron chi connectivity index (χ4n) is 3.59. The summed E-state index contributed by atoms with van der Waals surface area (Å²) in [6.45, 7) is 12.8. The smallest absolute Gasteiger partial charge is 0.317 e. The van der Waals surface area contributed by atoms with Crippen molar-refractivity contribution in [1.82, 2.24) is 20.0 Å². The van der Waals surface area contributed by atoms with Crippen molar-refractivity contribution in [1.29, 1.82) is 0 Å². The standard InChI is InChI=1S/C22H32N4OS/c1-3-24-11-13-25(14-12-24)17-20-9-6-5-8-19(20)16-23-22(27)26(4-2)18-21-10-7-15-28-21/h5-10,15H,3-4,11-14,16-18H2,1-2H3,(H,23,27). The van der Waals surface area contributed by atoms with E-state index >= 15 is 0 Å². The SMILES string of the molecule is CCN1CCN(Cc2ccccc2CNC(=O)N(CC)Cc2cccs2)CC1. The molecule has 2 amide bonds. The zero-order valence-electron chi connectivity index (χ0n) is 17.1. The Morgan fingerprint density at radius 2 is 1.75 bits per heavy atom. The van der Waals surface area contributed by atoms with Crippen LogP contribution in [0, 0.1) is 0 Å². The molecule has 0 atom stereocenters. The molecule has 1 aliphatic heterocycles. The molecule has 0 spiro atoms. The van der Waals surface area contributed by atoms with E-state index in [2.05, 4.69) is 57.8 Å². The number of nitrogens with zero attached hydrogens (tertiary/aromatic N) is 3. The first kappa shape index (κ1) is 20.8. The topological polar surface area (TPSA) is 38.8 Å². The van der Waals surface area contributed by atoms with Gasteiger partial charge in [0.15, 0.2) is 0 Å². The van der Waals surface area contributed by atoms with Crippen LogP contribution in [0.25, 0.3) is 0 Å². The molecule has 6 heteroatoms. The molecule has 0 saturated carbocycles. The first-order valence-corrected chi connectivity index (χ1v) is 11.1. The fourth-order valence-corrected chi connectivity index (χ4v) is 4.31. The first-order valence-electron chi connectivity index (χ1n) is 10.3. The van der Waals surface area contributed by atoms with E-state index in [0.717, 1.165) is 39.3 Å². The Kier molecular flexibility index (Phi) is 7.89. The van der Waals surface area contributed by atoms with Crippen LogP contribution in [0.15, 0.2) is 41.8 Å². The quantitative estimate of drug-likeness (QED) is 0.736. The molecule has 2 aromatic rings. The molecular formula is C22H32N4OS. The number of carbonyl (C=O) groups excluding carboxylic acids is 1. The molecule has 5 nitrogen and oxygen atoms in total. The third kappa shape index (κ3) is 5.80. The number of amides is 2. The summed E-state index contributed by atoms with van der Waals surface area (Å²) >= 11 is 1.69. The number of rotatable bonds is 8. The van der Waals surface area contributed by atoms with Gasteiger partial charge in [0.05, 0.1) is 6.54 Å². The Morgan fingerprint density at radius 1 is 1.04 bits per heavy atom. The van der Waals surface area contributed by atoms with Crippen molar-refractivity contribution >= 4 is 17.4 Å². The highest BCUT2D eigenvalue weighted by Gasteiger charge is 2.17. The molecule has 1 N–H and O–H groups in total. The number of nitrogens with one attached hydrogen (secondary N) is 1. The Balaban J connectivity index is 1.54. The average molecular weight is 401 g/mol. The highest BCUT2D eigenvalue weighted by molar-refractivity contribution is 7.09. The molecule has 1 aromatic carbocycles. The van der Waals surface area contributed by atoms with Crippen molar-refractivity contribution < 1.29 is 4.79 Å². The molecule has 0 aliphatic carbocycles. The van der Waals surface area contributed by atoms with Crippen molar-refractivity contribution in [3.63, 3.8) is 0 Å². The second kappa shape index (κ2) is 10.6. The summed E-state index contributed by atoms with van der Waals surface area (Å²) < 4.78 is 0. The van der Waals surface area contributed by atoms with Crippen molar-refractivity contribution in [2.45, 2.75) is 33.5 Å². The van der Waals surface area contributed by atoms with Gasteiger partial charge in [-0.2, -0.15) is 0 Å². The predicted octanol–water partition coefficient (Wildman–Crippen LogP) is 3.62. The van der Waals surface area contributed by atoms with E-state index in [4.69, 9.17) is 0 Å². The van der Waals surface area contributed by atoms with Crippen LogP contribution in [0.4, 0.5) is 4.79 Å². The van der Waals surface area contributed by atoms with E-state index in [1.165, 1.54) is 16.0 Å². The van der Waals surface area contributed by atoms with Gasteiger partial charge < -0.3 is 15.1 Å². The maximum absolute atomic E-state index is 12.6. The normalized spacial score (nSPS) is 15.5. The van der Waals surface area contributed by atoms with E-state index in [1.54, 1.807) is 11.3 Å². The zero-order valence-corrected chi connectivity index (χ0v) is 17.9. The third-order valence-corrected chi connectivity index (χ3v) is 6.31. The second-order valence-electron chi connectivity index (χ2n) is 7.23. The van der Waals surface area contributed by atoms with E-state index < -0.39 is 0 Å². The van der Waals surface area contributed by atoms with Gasteiger partial charge in [0.25, 0.3) is 0 Å². The van der Waals surface area contributed by atoms with Gasteiger partial charge in [-0.3, -0.25) is 4.90 Å². The van der Waals surface area contributed by atoms with Crippen LogP contribution < -0.4 is 5.32 Å². The molecule has 3 rings (SSSR count). The summed E-state index contributed by atoms with van der Waals surface area (Å²) in [6, 6.07) is 12.6. The minimum absolute atomic E-state index is 0.00210. The summed E-state index contributed by atoms with van der Waals surface area (Å²) in [7, 11) is 0. The number of benzene rings is 1. The number of urea groups is 1. The molecule has 2 heterocycles. The van der Waals surface area contributed by atoms with E-state index in [-0.39, 0.29) is 6.03 Å². The molecule has 1 aromatic heterocycles. The highest BCUT2D eigenvalue weighted by atomic mass is 32.1. The maximum Gasteiger partial charge on any atom is 0.317 e. The number of piperazine rings is 1. The highest BCUT2D eigenvalue weighted by Crippen LogP contribution is 2.15. The lowest BCUT2D eigenvalue weighted by molar-refractivity contribution is 0.131. The number of hydrogen-bond acceptors (Lipinski definition) is 4. The second-order valence-corrected chi connectivity index (χ2v) is 8.26. The third-order valence-electron chi connectivity index (χ3n) is 5.45. The summed E-state index contributed by atoms with van der Waals surface area (Å²) in [4.78, 5) is 20.7. The first-order chi connectivity index (χ1) is 13.7. The summed E-state index contributed by atoms with van der Waals surface area (Å²) in [5, 5.41) is 5.17. The molecule has 28 heavy (non-hydrogen) atoms. The van der Waals surface area contributed by atoms with Gasteiger partial charge in [-0.15, -0.1) is 11.3 Å². The van der Waals surface area contributed by atoms with Gasteiger partial charge in [0, 0.05) is 50.7 Å². The summed E-state index contributed by atoms with van der Waals surface area (Å²) in [5.74, 6) is 0. The number of likely N-dealkylation sites (N-methyl/N-ethyl adjacent to an activating group) is 1. The molecule has 0 unspecified atom stereocenters. The van der Waals surface area contributed by atoms with Crippen LogP contribution in [0.1, 0.15) is 29.9 Å². The van der Waals surface area contributed by atoms with Crippen LogP contribution in [0.5, 0.6) is 0 Å². The lowest BCUT2D eigenvalue weighted by atomic mass is 10.1. The van der Waals surface area contributed by atoms with Crippen LogP contribution in [-0.2, 0) is 19.6 Å². The van der Waals surface area contributed by atoms with Crippen LogP contribution in [0.3, 0.4) is 0 Å². The molecular weight excluding hydrogens is 368 g/mol. The number of carbonyl (C=O) groups is 1. The largest absolute Gasteiger partial charge is 0.334 e. The van der Waals surface area contributed by atoms with Crippen LogP contribution in [0.2, 0.25) is 0 Å². The molecule has 1 fully saturated rings. The summed E-state index contributed by atoms with van der Waals surface area (Å²) in [6.07, 6.45) is 0. The van der Waals surface area contributed by atoms with Gasteiger partial charge >= 0.3 is 6.03 Å². The summed E-state index contributed by atoms with van der Waals surface area (Å²) in [5.41, 5.74) is 2.52. The van der Waals surface area contributed by atoms with Gasteiger partial charge in [-0.05, 0) is 36.0 Å². The van der Waals surface area contributed by atoms with E-state index in [1.807, 2.05) is 17.9 Å². The predicted molar refractivity (Wildman–Crippen MR) is 116 cm³/mol. The van der Waals surface area contributed by atoms with Crippen LogP contribution in [-0.4, -0.2) is 60.0 Å². The van der Waals surface area contributed by atoms with Crippen LogP contribution >= 0.6 is 11.3 Å². The lowest BCUT2D eigenvalue weighted by Gasteiger charge is -2.34. The van der Waals surface area contributed by atoms with Gasteiger partial charge in [0.1, 0.15) is 0 Å². The fraction of sp³-hybridized carbons (Fsp3) is 0.500. The molecule has 152 valence electrons. The number of thiophene rings is 1. The Morgan fingerprint density at radius 3 is 2.39 bits per heavy atom. The average Bonchev–Trinajstić information content (AvgIpc) is 3.25. The molecule has 1 aliphatic rings. The maximum atomic E-state index is 12.6. The number of hydrogen-bond donors (Lipinski definition) is 1. The van der Waals surface area contributed by atoms with Crippen molar-refractivity contribution in [2.75, 3.05) is 39.3 Å². The van der Waals surface area contributed by atoms with Crippen molar-refractivity contribution in [3.8, 4) is 0 Å². The Labute approximate surface area is 172 Å². The van der Waals surface area contributed by atoms with E-state index in [0.29, 0.717) is 19.6 Å². The lowest BCUT2D eigenvalue weighted by Crippen LogP contribution is -2.45. The Hall–Kier alpha value is -1.89. The van der Waals surface area contributed by atoms with Crippen molar-refractivity contribution in [3.05, 3.63) is 57.8 Å². The monoisotopic (exact) mass is 400 g/mol.